The van der Waals surface area contributed by atoms with Crippen molar-refractivity contribution >= 4 is 11.9 Å². The first kappa shape index (κ1) is 15.0. The first-order chi connectivity index (χ1) is 8.32. The molecule has 0 aromatic rings. The van der Waals surface area contributed by atoms with Crippen molar-refractivity contribution in [3.8, 4) is 0 Å². The van der Waals surface area contributed by atoms with Crippen LogP contribution in [0.15, 0.2) is 0 Å². The molecule has 1 fully saturated rings. The van der Waals surface area contributed by atoms with E-state index in [1.54, 1.807) is 0 Å². The Hall–Kier alpha value is -1.10. The van der Waals surface area contributed by atoms with Gasteiger partial charge in [0.05, 0.1) is 6.04 Å². The number of nitrogens with zero attached hydrogens (tertiary/aromatic N) is 1. The summed E-state index contributed by atoms with van der Waals surface area (Å²) in [4.78, 5) is 24.5. The quantitative estimate of drug-likeness (QED) is 0.788. The standard InChI is InChI=1S/C13H24N2O3/c1-8-6-9(2)10(3)15(7-8)13(18)11(14)4-5-12(16)17/h8-11H,4-7,14H2,1-3H3,(H,16,17). The van der Waals surface area contributed by atoms with E-state index in [1.165, 1.54) is 0 Å². The third-order valence-electron chi connectivity index (χ3n) is 3.87. The zero-order valence-electron chi connectivity index (χ0n) is 11.4. The highest BCUT2D eigenvalue weighted by atomic mass is 16.4. The Morgan fingerprint density at radius 1 is 1.39 bits per heavy atom. The fraction of sp³-hybridized carbons (Fsp3) is 0.846. The summed E-state index contributed by atoms with van der Waals surface area (Å²) in [6, 6.07) is -0.509. The van der Waals surface area contributed by atoms with Crippen LogP contribution in [0.5, 0.6) is 0 Å². The average Bonchev–Trinajstić information content (AvgIpc) is 2.29. The second-order valence-corrected chi connectivity index (χ2v) is 5.59. The molecule has 0 saturated carbocycles. The van der Waals surface area contributed by atoms with E-state index in [-0.39, 0.29) is 24.8 Å². The lowest BCUT2D eigenvalue weighted by Gasteiger charge is -2.42. The molecule has 4 atom stereocenters. The maximum absolute atomic E-state index is 12.2. The number of likely N-dealkylation sites (tertiary alicyclic amines) is 1. The summed E-state index contributed by atoms with van der Waals surface area (Å²) in [5, 5.41) is 8.61. The van der Waals surface area contributed by atoms with E-state index in [0.717, 1.165) is 13.0 Å². The summed E-state index contributed by atoms with van der Waals surface area (Å²) in [5.74, 6) is -0.0787. The van der Waals surface area contributed by atoms with Crippen molar-refractivity contribution in [2.45, 2.75) is 52.1 Å². The SMILES string of the molecule is CC1CC(C)C(C)N(C(=O)C(N)CCC(=O)O)C1. The van der Waals surface area contributed by atoms with Gasteiger partial charge in [-0.05, 0) is 31.6 Å². The second-order valence-electron chi connectivity index (χ2n) is 5.59. The molecule has 0 radical (unpaired) electrons. The van der Waals surface area contributed by atoms with Gasteiger partial charge in [-0.15, -0.1) is 0 Å². The molecule has 0 bridgehead atoms. The number of hydrogen-bond donors (Lipinski definition) is 2. The van der Waals surface area contributed by atoms with Gasteiger partial charge < -0.3 is 15.7 Å². The van der Waals surface area contributed by atoms with Crippen molar-refractivity contribution in [1.29, 1.82) is 0 Å². The molecule has 5 nitrogen and oxygen atoms in total. The topological polar surface area (TPSA) is 83.6 Å². The van der Waals surface area contributed by atoms with E-state index in [2.05, 4.69) is 13.8 Å². The molecule has 1 amide bonds. The molecule has 4 unspecified atom stereocenters. The van der Waals surface area contributed by atoms with Gasteiger partial charge >= 0.3 is 5.97 Å². The number of rotatable bonds is 4. The van der Waals surface area contributed by atoms with E-state index in [9.17, 15) is 9.59 Å². The number of carboxylic acid groups (broad SMARTS) is 1. The number of carbonyl (C=O) groups excluding carboxylic acids is 1. The fourth-order valence-electron chi connectivity index (χ4n) is 2.62. The minimum Gasteiger partial charge on any atom is -0.481 e. The highest BCUT2D eigenvalue weighted by Gasteiger charge is 2.33. The summed E-state index contributed by atoms with van der Waals surface area (Å²) in [6.07, 6.45) is 1.27. The predicted molar refractivity (Wildman–Crippen MR) is 69.0 cm³/mol. The van der Waals surface area contributed by atoms with Crippen molar-refractivity contribution in [1.82, 2.24) is 4.90 Å². The lowest BCUT2D eigenvalue weighted by atomic mass is 9.85. The summed E-state index contributed by atoms with van der Waals surface area (Å²) in [7, 11) is 0. The van der Waals surface area contributed by atoms with Crippen LogP contribution in [0.2, 0.25) is 0 Å². The van der Waals surface area contributed by atoms with Crippen LogP contribution in [-0.2, 0) is 9.59 Å². The lowest BCUT2D eigenvalue weighted by Crippen LogP contribution is -2.54. The highest BCUT2D eigenvalue weighted by molar-refractivity contribution is 5.82. The van der Waals surface area contributed by atoms with Crippen molar-refractivity contribution in [3.63, 3.8) is 0 Å². The van der Waals surface area contributed by atoms with Crippen molar-refractivity contribution < 1.29 is 14.7 Å². The van der Waals surface area contributed by atoms with E-state index in [4.69, 9.17) is 10.8 Å². The minimum atomic E-state index is -0.910. The summed E-state index contributed by atoms with van der Waals surface area (Å²) in [5.41, 5.74) is 5.79. The van der Waals surface area contributed by atoms with Crippen LogP contribution >= 0.6 is 0 Å². The normalized spacial score (nSPS) is 30.0. The van der Waals surface area contributed by atoms with Crippen LogP contribution < -0.4 is 5.73 Å². The Labute approximate surface area is 108 Å². The molecule has 1 saturated heterocycles. The van der Waals surface area contributed by atoms with Crippen molar-refractivity contribution in [2.24, 2.45) is 17.6 Å². The van der Waals surface area contributed by atoms with Crippen LogP contribution in [0, 0.1) is 11.8 Å². The van der Waals surface area contributed by atoms with Gasteiger partial charge in [-0.1, -0.05) is 13.8 Å². The fourth-order valence-corrected chi connectivity index (χ4v) is 2.62. The van der Waals surface area contributed by atoms with Gasteiger partial charge in [0, 0.05) is 19.0 Å². The van der Waals surface area contributed by atoms with Gasteiger partial charge in [-0.2, -0.15) is 0 Å². The largest absolute Gasteiger partial charge is 0.481 e. The third-order valence-corrected chi connectivity index (χ3v) is 3.87. The highest BCUT2D eigenvalue weighted by Crippen LogP contribution is 2.27. The molecule has 0 aliphatic carbocycles. The Morgan fingerprint density at radius 2 is 2.00 bits per heavy atom. The van der Waals surface area contributed by atoms with Gasteiger partial charge in [-0.25, -0.2) is 0 Å². The first-order valence-electron chi connectivity index (χ1n) is 6.60. The van der Waals surface area contributed by atoms with E-state index >= 15 is 0 Å². The van der Waals surface area contributed by atoms with Gasteiger partial charge in [0.15, 0.2) is 0 Å². The second kappa shape index (κ2) is 6.18. The Morgan fingerprint density at radius 3 is 2.56 bits per heavy atom. The average molecular weight is 256 g/mol. The smallest absolute Gasteiger partial charge is 0.303 e. The number of piperidine rings is 1. The molecule has 1 aliphatic heterocycles. The molecule has 1 aliphatic rings. The zero-order chi connectivity index (χ0) is 13.9. The molecule has 5 heteroatoms. The molecule has 0 spiro atoms. The molecule has 0 aromatic carbocycles. The predicted octanol–water partition coefficient (Wildman–Crippen LogP) is 1.07. The maximum atomic E-state index is 12.2. The minimum absolute atomic E-state index is 0.0553. The molecule has 0 aromatic heterocycles. The van der Waals surface area contributed by atoms with Crippen LogP contribution in [0.1, 0.15) is 40.0 Å². The van der Waals surface area contributed by atoms with Crippen LogP contribution in [0.3, 0.4) is 0 Å². The van der Waals surface area contributed by atoms with Crippen LogP contribution in [0.4, 0.5) is 0 Å². The number of aliphatic carboxylic acids is 1. The molecule has 1 heterocycles. The first-order valence-corrected chi connectivity index (χ1v) is 6.60. The number of carbonyl (C=O) groups is 2. The van der Waals surface area contributed by atoms with Crippen LogP contribution in [-0.4, -0.2) is 40.5 Å². The number of hydrogen-bond acceptors (Lipinski definition) is 3. The molecule has 18 heavy (non-hydrogen) atoms. The summed E-state index contributed by atoms with van der Waals surface area (Å²) >= 11 is 0. The van der Waals surface area contributed by atoms with E-state index < -0.39 is 12.0 Å². The molecule has 1 rings (SSSR count). The zero-order valence-corrected chi connectivity index (χ0v) is 11.4. The Kier molecular flexibility index (Phi) is 5.14. The molecular formula is C13H24N2O3. The van der Waals surface area contributed by atoms with E-state index in [0.29, 0.717) is 11.8 Å². The van der Waals surface area contributed by atoms with E-state index in [1.807, 2.05) is 11.8 Å². The number of carboxylic acids is 1. The third kappa shape index (κ3) is 3.70. The maximum Gasteiger partial charge on any atom is 0.303 e. The lowest BCUT2D eigenvalue weighted by molar-refractivity contribution is -0.139. The van der Waals surface area contributed by atoms with Gasteiger partial charge in [0.1, 0.15) is 0 Å². The van der Waals surface area contributed by atoms with Gasteiger partial charge in [-0.3, -0.25) is 9.59 Å². The number of amides is 1. The molecule has 104 valence electrons. The molecule has 3 N–H and O–H groups in total. The monoisotopic (exact) mass is 256 g/mol. The van der Waals surface area contributed by atoms with Gasteiger partial charge in [0.2, 0.25) is 5.91 Å². The van der Waals surface area contributed by atoms with Gasteiger partial charge in [0.25, 0.3) is 0 Å². The number of nitrogens with two attached hydrogens (primary N) is 1. The Bertz CT molecular complexity index is 319. The summed E-state index contributed by atoms with van der Waals surface area (Å²) in [6.45, 7) is 7.04. The Balaban J connectivity index is 2.61. The summed E-state index contributed by atoms with van der Waals surface area (Å²) < 4.78 is 0. The molecular weight excluding hydrogens is 232 g/mol. The van der Waals surface area contributed by atoms with Crippen LogP contribution in [0.25, 0.3) is 0 Å². The van der Waals surface area contributed by atoms with Crippen molar-refractivity contribution in [2.75, 3.05) is 6.54 Å². The van der Waals surface area contributed by atoms with Crippen molar-refractivity contribution in [3.05, 3.63) is 0 Å².